The highest BCUT2D eigenvalue weighted by Crippen LogP contribution is 2.75. The minimum Gasteiger partial charge on any atom is -0.463 e. The number of H-pyrrole nitrogens is 1. The van der Waals surface area contributed by atoms with Crippen LogP contribution in [0.25, 0.3) is 11.4 Å². The lowest BCUT2D eigenvalue weighted by Gasteiger charge is -2.70. The number of hydrogen-bond donors (Lipinski definition) is 2. The van der Waals surface area contributed by atoms with Crippen molar-refractivity contribution in [3.05, 3.63) is 35.9 Å². The standard InChI is InChI=1S/C39H55N5O3/c1-24-14-19-39(34(46)47-23-22-40-28-11-9-8-10-26(28)33-41-43-44-42-33)21-20-37(6)27(32(39)25(24)2)12-13-30-36(5)17-16-31(45)35(3,4)29(36)15-18-38(30,37)7/h8-12,24-25,29-30,32,40H,13-23H2,1-7H3,(H,41,42,43,44)/t24-,25+,29+,30-,32+,36+,37-,38-,39+/m1/s1. The van der Waals surface area contributed by atoms with Crippen LogP contribution in [0.1, 0.15) is 106 Å². The molecule has 2 N–H and O–H groups in total. The molecule has 0 spiro atoms. The largest absolute Gasteiger partial charge is 0.463 e. The number of aromatic amines is 1. The molecule has 4 saturated carbocycles. The number of allylic oxidation sites excluding steroid dienone is 2. The Balaban J connectivity index is 1.14. The van der Waals surface area contributed by atoms with E-state index >= 15 is 0 Å². The van der Waals surface area contributed by atoms with Crippen LogP contribution in [0.4, 0.5) is 5.69 Å². The second-order valence-corrected chi connectivity index (χ2v) is 17.3. The number of Topliss-reactive ketones (excluding diaryl/α,β-unsaturated/α-hetero) is 1. The molecule has 1 aromatic carbocycles. The molecule has 8 nitrogen and oxygen atoms in total. The van der Waals surface area contributed by atoms with Crippen molar-refractivity contribution in [2.24, 2.45) is 56.7 Å². The Morgan fingerprint density at radius 1 is 1.00 bits per heavy atom. The van der Waals surface area contributed by atoms with Crippen molar-refractivity contribution in [3.8, 4) is 11.4 Å². The Hall–Kier alpha value is -3.03. The van der Waals surface area contributed by atoms with Gasteiger partial charge in [0.25, 0.3) is 0 Å². The summed E-state index contributed by atoms with van der Waals surface area (Å²) >= 11 is 0. The minimum atomic E-state index is -0.469. The summed E-state index contributed by atoms with van der Waals surface area (Å²) in [5.41, 5.74) is 2.92. The number of fused-ring (bicyclic) bond motifs is 7. The molecule has 8 heteroatoms. The first-order valence-electron chi connectivity index (χ1n) is 18.3. The van der Waals surface area contributed by atoms with E-state index in [0.717, 1.165) is 62.6 Å². The highest BCUT2D eigenvalue weighted by atomic mass is 16.5. The average Bonchev–Trinajstić information content (AvgIpc) is 3.58. The number of tetrazole rings is 1. The summed E-state index contributed by atoms with van der Waals surface area (Å²) in [4.78, 5) is 27.5. The molecule has 0 aliphatic heterocycles. The van der Waals surface area contributed by atoms with Crippen molar-refractivity contribution in [2.45, 2.75) is 106 Å². The summed E-state index contributed by atoms with van der Waals surface area (Å²) in [7, 11) is 0. The predicted octanol–water partition coefficient (Wildman–Crippen LogP) is 8.05. The molecule has 254 valence electrons. The van der Waals surface area contributed by atoms with Gasteiger partial charge >= 0.3 is 5.97 Å². The Labute approximate surface area is 280 Å². The van der Waals surface area contributed by atoms with E-state index in [1.54, 1.807) is 5.57 Å². The van der Waals surface area contributed by atoms with Crippen molar-refractivity contribution in [1.82, 2.24) is 20.6 Å². The number of nitrogens with one attached hydrogen (secondary N) is 2. The number of ether oxygens (including phenoxy) is 1. The highest BCUT2D eigenvalue weighted by Gasteiger charge is 2.69. The topological polar surface area (TPSA) is 110 Å². The van der Waals surface area contributed by atoms with E-state index in [2.05, 4.69) is 80.5 Å². The maximum Gasteiger partial charge on any atom is 0.312 e. The number of carbonyl (C=O) groups excluding carboxylic acids is 2. The minimum absolute atomic E-state index is 0.00654. The van der Waals surface area contributed by atoms with Crippen LogP contribution in [0.2, 0.25) is 0 Å². The third-order valence-corrected chi connectivity index (χ3v) is 15.3. The molecular formula is C39H55N5O3. The number of para-hydroxylation sites is 1. The van der Waals surface area contributed by atoms with Crippen LogP contribution >= 0.6 is 0 Å². The number of aromatic nitrogens is 4. The molecule has 0 saturated heterocycles. The van der Waals surface area contributed by atoms with E-state index in [1.165, 1.54) is 0 Å². The lowest BCUT2D eigenvalue weighted by molar-refractivity contribution is -0.192. The van der Waals surface area contributed by atoms with Gasteiger partial charge in [-0.2, -0.15) is 5.21 Å². The van der Waals surface area contributed by atoms with Gasteiger partial charge in [-0.1, -0.05) is 72.2 Å². The fraction of sp³-hybridized carbons (Fsp3) is 0.718. The molecule has 1 heterocycles. The van der Waals surface area contributed by atoms with Crippen LogP contribution in [0, 0.1) is 56.7 Å². The van der Waals surface area contributed by atoms with E-state index in [9.17, 15) is 9.59 Å². The van der Waals surface area contributed by atoms with Crippen LogP contribution in [0.5, 0.6) is 0 Å². The molecular weight excluding hydrogens is 586 g/mol. The molecule has 7 rings (SSSR count). The van der Waals surface area contributed by atoms with Crippen LogP contribution in [-0.2, 0) is 14.3 Å². The number of benzene rings is 1. The van der Waals surface area contributed by atoms with Gasteiger partial charge in [0.1, 0.15) is 12.4 Å². The van der Waals surface area contributed by atoms with Crippen molar-refractivity contribution < 1.29 is 14.3 Å². The van der Waals surface area contributed by atoms with E-state index in [1.807, 2.05) is 24.3 Å². The highest BCUT2D eigenvalue weighted by molar-refractivity contribution is 5.85. The lowest BCUT2D eigenvalue weighted by atomic mass is 9.33. The fourth-order valence-corrected chi connectivity index (χ4v) is 12.2. The Kier molecular flexibility index (Phi) is 7.79. The fourth-order valence-electron chi connectivity index (χ4n) is 12.2. The molecule has 5 aliphatic carbocycles. The van der Waals surface area contributed by atoms with E-state index in [-0.39, 0.29) is 33.5 Å². The second-order valence-electron chi connectivity index (χ2n) is 17.3. The number of rotatable bonds is 6. The predicted molar refractivity (Wildman–Crippen MR) is 183 cm³/mol. The maximum atomic E-state index is 14.4. The van der Waals surface area contributed by atoms with Gasteiger partial charge in [-0.3, -0.25) is 9.59 Å². The number of esters is 1. The van der Waals surface area contributed by atoms with Crippen molar-refractivity contribution >= 4 is 17.4 Å². The van der Waals surface area contributed by atoms with Crippen LogP contribution < -0.4 is 5.32 Å². The summed E-state index contributed by atoms with van der Waals surface area (Å²) < 4.78 is 6.23. The van der Waals surface area contributed by atoms with Gasteiger partial charge in [-0.05, 0) is 115 Å². The summed E-state index contributed by atoms with van der Waals surface area (Å²) in [5, 5.41) is 17.9. The average molecular weight is 642 g/mol. The molecule has 5 aliphatic rings. The number of nitrogens with zero attached hydrogens (tertiary/aromatic N) is 3. The third kappa shape index (κ3) is 4.62. The van der Waals surface area contributed by atoms with Gasteiger partial charge < -0.3 is 10.1 Å². The zero-order valence-electron chi connectivity index (χ0n) is 29.6. The van der Waals surface area contributed by atoms with Gasteiger partial charge in [0.2, 0.25) is 5.82 Å². The first-order chi connectivity index (χ1) is 22.3. The molecule has 47 heavy (non-hydrogen) atoms. The van der Waals surface area contributed by atoms with E-state index in [4.69, 9.17) is 4.74 Å². The quantitative estimate of drug-likeness (QED) is 0.187. The molecule has 4 fully saturated rings. The van der Waals surface area contributed by atoms with Crippen LogP contribution in [0.15, 0.2) is 35.9 Å². The Morgan fingerprint density at radius 3 is 2.55 bits per heavy atom. The van der Waals surface area contributed by atoms with Crippen molar-refractivity contribution in [3.63, 3.8) is 0 Å². The number of ketones is 1. The van der Waals surface area contributed by atoms with Gasteiger partial charge in [-0.15, -0.1) is 10.2 Å². The first kappa shape index (κ1) is 32.5. The summed E-state index contributed by atoms with van der Waals surface area (Å²) in [5.74, 6) is 3.15. The van der Waals surface area contributed by atoms with Crippen LogP contribution in [0.3, 0.4) is 0 Å². The van der Waals surface area contributed by atoms with Gasteiger partial charge in [0.05, 0.1) is 5.41 Å². The summed E-state index contributed by atoms with van der Waals surface area (Å²) in [6.45, 7) is 17.7. The maximum absolute atomic E-state index is 14.4. The normalized spacial score (nSPS) is 40.6. The number of anilines is 1. The SMILES string of the molecule is C[C@H]1[C@H](C)CC[C@]2(C(=O)OCCNc3ccccc3-c3nn[nH]n3)CC[C@]3(C)C(=CC[C@@H]4[C@@]5(C)CCC(=O)C(C)(C)[C@@H]5CC[C@]43C)[C@H]12. The molecule has 0 radical (unpaired) electrons. The van der Waals surface area contributed by atoms with Gasteiger partial charge in [-0.25, -0.2) is 0 Å². The summed E-state index contributed by atoms with van der Waals surface area (Å²) in [6, 6.07) is 7.86. The first-order valence-corrected chi connectivity index (χ1v) is 18.3. The number of carbonyl (C=O) groups is 2. The molecule has 0 amide bonds. The number of hydrogen-bond acceptors (Lipinski definition) is 7. The monoisotopic (exact) mass is 641 g/mol. The zero-order chi connectivity index (χ0) is 33.4. The third-order valence-electron chi connectivity index (χ3n) is 15.3. The van der Waals surface area contributed by atoms with E-state index in [0.29, 0.717) is 54.9 Å². The molecule has 9 atom stereocenters. The second kappa shape index (κ2) is 11.3. The molecule has 1 aromatic heterocycles. The molecule has 0 bridgehead atoms. The Morgan fingerprint density at radius 2 is 1.79 bits per heavy atom. The Bertz CT molecular complexity index is 1570. The zero-order valence-corrected chi connectivity index (χ0v) is 29.6. The molecule has 0 unspecified atom stereocenters. The van der Waals surface area contributed by atoms with Crippen molar-refractivity contribution in [1.29, 1.82) is 0 Å². The summed E-state index contributed by atoms with van der Waals surface area (Å²) in [6.07, 6.45) is 11.6. The molecule has 2 aromatic rings. The smallest absolute Gasteiger partial charge is 0.312 e. The van der Waals surface area contributed by atoms with Gasteiger partial charge in [0, 0.05) is 29.6 Å². The lowest BCUT2D eigenvalue weighted by Crippen LogP contribution is -2.65. The van der Waals surface area contributed by atoms with Crippen LogP contribution in [-0.4, -0.2) is 45.5 Å². The van der Waals surface area contributed by atoms with Gasteiger partial charge in [0.15, 0.2) is 0 Å². The van der Waals surface area contributed by atoms with Crippen molar-refractivity contribution in [2.75, 3.05) is 18.5 Å². The van der Waals surface area contributed by atoms with E-state index < -0.39 is 5.41 Å².